The second kappa shape index (κ2) is 6.76. The SMILES string of the molecule is CCOC(=O)c1nc(CC)n(C(C)Cc2cccs2)c1N. The van der Waals surface area contributed by atoms with Crippen LogP contribution >= 0.6 is 11.3 Å². The standard InChI is InChI=1S/C15H21N3O2S/c1-4-12-17-13(15(19)20-5-2)14(16)18(12)10(3)9-11-7-6-8-21-11/h6-8,10H,4-5,9,16H2,1-3H3. The van der Waals surface area contributed by atoms with Crippen molar-refractivity contribution >= 4 is 23.1 Å². The predicted octanol–water partition coefficient (Wildman–Crippen LogP) is 3.07. The normalized spacial score (nSPS) is 12.3. The van der Waals surface area contributed by atoms with E-state index in [-0.39, 0.29) is 11.7 Å². The number of imidazole rings is 1. The molecule has 1 unspecified atom stereocenters. The number of nitrogens with two attached hydrogens (primary N) is 1. The first-order valence-corrected chi connectivity index (χ1v) is 8.02. The third-order valence-corrected chi connectivity index (χ3v) is 4.22. The predicted molar refractivity (Wildman–Crippen MR) is 84.7 cm³/mol. The van der Waals surface area contributed by atoms with Crippen LogP contribution in [0.25, 0.3) is 0 Å². The molecule has 21 heavy (non-hydrogen) atoms. The number of anilines is 1. The van der Waals surface area contributed by atoms with E-state index in [1.165, 1.54) is 4.88 Å². The molecule has 0 bridgehead atoms. The number of carbonyl (C=O) groups excluding carboxylic acids is 1. The van der Waals surface area contributed by atoms with Gasteiger partial charge in [0.1, 0.15) is 11.6 Å². The third-order valence-electron chi connectivity index (χ3n) is 3.32. The van der Waals surface area contributed by atoms with E-state index in [0.717, 1.165) is 18.7 Å². The van der Waals surface area contributed by atoms with E-state index >= 15 is 0 Å². The van der Waals surface area contributed by atoms with Crippen LogP contribution < -0.4 is 5.73 Å². The van der Waals surface area contributed by atoms with E-state index in [1.54, 1.807) is 18.3 Å². The van der Waals surface area contributed by atoms with Gasteiger partial charge in [0.25, 0.3) is 0 Å². The molecule has 114 valence electrons. The zero-order valence-electron chi connectivity index (χ0n) is 12.6. The molecule has 0 amide bonds. The third kappa shape index (κ3) is 3.26. The average molecular weight is 307 g/mol. The van der Waals surface area contributed by atoms with E-state index < -0.39 is 5.97 Å². The number of ether oxygens (including phenoxy) is 1. The lowest BCUT2D eigenvalue weighted by atomic mass is 10.2. The van der Waals surface area contributed by atoms with Crippen LogP contribution in [-0.2, 0) is 17.6 Å². The van der Waals surface area contributed by atoms with Crippen LogP contribution in [0.3, 0.4) is 0 Å². The molecule has 0 saturated carbocycles. The molecule has 0 fully saturated rings. The maximum atomic E-state index is 11.9. The molecule has 0 saturated heterocycles. The summed E-state index contributed by atoms with van der Waals surface area (Å²) in [5.41, 5.74) is 6.37. The van der Waals surface area contributed by atoms with Crippen molar-refractivity contribution in [1.82, 2.24) is 9.55 Å². The van der Waals surface area contributed by atoms with Crippen molar-refractivity contribution in [3.05, 3.63) is 33.9 Å². The van der Waals surface area contributed by atoms with Crippen LogP contribution in [0.15, 0.2) is 17.5 Å². The molecule has 2 rings (SSSR count). The molecule has 5 nitrogen and oxygen atoms in total. The van der Waals surface area contributed by atoms with Crippen molar-refractivity contribution < 1.29 is 9.53 Å². The topological polar surface area (TPSA) is 70.1 Å². The maximum Gasteiger partial charge on any atom is 0.360 e. The van der Waals surface area contributed by atoms with Crippen LogP contribution in [0.2, 0.25) is 0 Å². The molecule has 2 aromatic rings. The fourth-order valence-corrected chi connectivity index (χ4v) is 3.22. The zero-order chi connectivity index (χ0) is 15.4. The highest BCUT2D eigenvalue weighted by Gasteiger charge is 2.23. The van der Waals surface area contributed by atoms with Gasteiger partial charge in [0.05, 0.1) is 6.61 Å². The number of thiophene rings is 1. The second-order valence-corrected chi connectivity index (χ2v) is 5.87. The minimum absolute atomic E-state index is 0.147. The molecule has 2 aromatic heterocycles. The number of nitrogens with zero attached hydrogens (tertiary/aromatic N) is 2. The number of aryl methyl sites for hydroxylation is 1. The second-order valence-electron chi connectivity index (χ2n) is 4.84. The first kappa shape index (κ1) is 15.6. The van der Waals surface area contributed by atoms with Gasteiger partial charge in [-0.3, -0.25) is 0 Å². The van der Waals surface area contributed by atoms with Crippen LogP contribution in [0, 0.1) is 0 Å². The van der Waals surface area contributed by atoms with E-state index in [1.807, 2.05) is 17.6 Å². The highest BCUT2D eigenvalue weighted by atomic mass is 32.1. The fraction of sp³-hybridized carbons (Fsp3) is 0.467. The Hall–Kier alpha value is -1.82. The Bertz CT molecular complexity index is 605. The first-order valence-electron chi connectivity index (χ1n) is 7.14. The zero-order valence-corrected chi connectivity index (χ0v) is 13.4. The summed E-state index contributed by atoms with van der Waals surface area (Å²) >= 11 is 1.72. The van der Waals surface area contributed by atoms with E-state index in [0.29, 0.717) is 12.4 Å². The van der Waals surface area contributed by atoms with E-state index in [2.05, 4.69) is 23.4 Å². The number of nitrogen functional groups attached to an aromatic ring is 1. The van der Waals surface area contributed by atoms with Gasteiger partial charge in [0.2, 0.25) is 0 Å². The van der Waals surface area contributed by atoms with Crippen molar-refractivity contribution in [3.8, 4) is 0 Å². The molecule has 6 heteroatoms. The number of carbonyl (C=O) groups is 1. The monoisotopic (exact) mass is 307 g/mol. The summed E-state index contributed by atoms with van der Waals surface area (Å²) in [6.07, 6.45) is 1.59. The quantitative estimate of drug-likeness (QED) is 0.833. The average Bonchev–Trinajstić information content (AvgIpc) is 3.06. The van der Waals surface area contributed by atoms with Gasteiger partial charge in [0, 0.05) is 23.8 Å². The van der Waals surface area contributed by atoms with Gasteiger partial charge in [0.15, 0.2) is 5.69 Å². The van der Waals surface area contributed by atoms with Crippen molar-refractivity contribution in [2.45, 2.75) is 39.7 Å². The highest BCUT2D eigenvalue weighted by Crippen LogP contribution is 2.25. The number of aromatic nitrogens is 2. The van der Waals surface area contributed by atoms with Gasteiger partial charge in [-0.15, -0.1) is 11.3 Å². The number of hydrogen-bond acceptors (Lipinski definition) is 5. The number of rotatable bonds is 6. The van der Waals surface area contributed by atoms with Crippen LogP contribution in [0.5, 0.6) is 0 Å². The molecule has 2 N–H and O–H groups in total. The Morgan fingerprint density at radius 1 is 1.52 bits per heavy atom. The van der Waals surface area contributed by atoms with Crippen molar-refractivity contribution in [2.24, 2.45) is 0 Å². The summed E-state index contributed by atoms with van der Waals surface area (Å²) in [4.78, 5) is 17.6. The number of esters is 1. The highest BCUT2D eigenvalue weighted by molar-refractivity contribution is 7.09. The maximum absolute atomic E-state index is 11.9. The van der Waals surface area contributed by atoms with Crippen LogP contribution in [-0.4, -0.2) is 22.1 Å². The molecule has 2 heterocycles. The number of hydrogen-bond donors (Lipinski definition) is 1. The Balaban J connectivity index is 2.31. The lowest BCUT2D eigenvalue weighted by molar-refractivity contribution is 0.0521. The lowest BCUT2D eigenvalue weighted by Crippen LogP contribution is -2.15. The van der Waals surface area contributed by atoms with Gasteiger partial charge < -0.3 is 15.0 Å². The summed E-state index contributed by atoms with van der Waals surface area (Å²) in [6.45, 7) is 6.18. The Morgan fingerprint density at radius 3 is 2.86 bits per heavy atom. The summed E-state index contributed by atoms with van der Waals surface area (Å²) in [7, 11) is 0. The van der Waals surface area contributed by atoms with Crippen LogP contribution in [0.1, 0.15) is 48.0 Å². The van der Waals surface area contributed by atoms with Gasteiger partial charge in [-0.1, -0.05) is 13.0 Å². The van der Waals surface area contributed by atoms with Gasteiger partial charge in [-0.25, -0.2) is 9.78 Å². The molecule has 1 atom stereocenters. The Morgan fingerprint density at radius 2 is 2.29 bits per heavy atom. The van der Waals surface area contributed by atoms with Gasteiger partial charge in [-0.2, -0.15) is 0 Å². The molecular weight excluding hydrogens is 286 g/mol. The largest absolute Gasteiger partial charge is 0.461 e. The molecule has 0 aromatic carbocycles. The van der Waals surface area contributed by atoms with Gasteiger partial charge >= 0.3 is 5.97 Å². The Labute approximate surface area is 128 Å². The summed E-state index contributed by atoms with van der Waals surface area (Å²) in [6, 6.07) is 4.29. The first-order chi connectivity index (χ1) is 10.1. The molecular formula is C15H21N3O2S. The molecule has 0 aliphatic rings. The van der Waals surface area contributed by atoms with E-state index in [4.69, 9.17) is 10.5 Å². The van der Waals surface area contributed by atoms with Crippen molar-refractivity contribution in [2.75, 3.05) is 12.3 Å². The minimum atomic E-state index is -0.452. The fourth-order valence-electron chi connectivity index (χ4n) is 2.40. The summed E-state index contributed by atoms with van der Waals surface area (Å²) in [5, 5.41) is 2.06. The smallest absolute Gasteiger partial charge is 0.360 e. The van der Waals surface area contributed by atoms with Crippen LogP contribution in [0.4, 0.5) is 5.82 Å². The molecule has 0 radical (unpaired) electrons. The van der Waals surface area contributed by atoms with Crippen molar-refractivity contribution in [3.63, 3.8) is 0 Å². The Kier molecular flexibility index (Phi) is 5.01. The molecule has 0 aliphatic heterocycles. The lowest BCUT2D eigenvalue weighted by Gasteiger charge is -2.17. The minimum Gasteiger partial charge on any atom is -0.461 e. The summed E-state index contributed by atoms with van der Waals surface area (Å²) in [5.74, 6) is 0.765. The molecule has 0 aliphatic carbocycles. The molecule has 0 spiro atoms. The van der Waals surface area contributed by atoms with Crippen molar-refractivity contribution in [1.29, 1.82) is 0 Å². The summed E-state index contributed by atoms with van der Waals surface area (Å²) < 4.78 is 6.96. The van der Waals surface area contributed by atoms with E-state index in [9.17, 15) is 4.79 Å². The van der Waals surface area contributed by atoms with Gasteiger partial charge in [-0.05, 0) is 25.3 Å².